The molecule has 0 amide bonds. The minimum Gasteiger partial charge on any atom is -0.383 e. The largest absolute Gasteiger partial charge is 0.383 e. The van der Waals surface area contributed by atoms with Crippen LogP contribution in [0.15, 0.2) is 30.3 Å². The number of quaternary nitrogens is 1. The molecule has 0 saturated heterocycles. The SMILES string of the molecule is Cc1cc(/C=C/C#N)cc(C)c1-c1cc([NH2+]O)cc2c(N)nc(Cl)nc12. The number of anilines is 1. The van der Waals surface area contributed by atoms with Gasteiger partial charge in [0.15, 0.2) is 5.69 Å². The fourth-order valence-corrected chi connectivity index (χ4v) is 3.34. The highest BCUT2D eigenvalue weighted by molar-refractivity contribution is 6.29. The highest BCUT2D eigenvalue weighted by Crippen LogP contribution is 2.36. The summed E-state index contributed by atoms with van der Waals surface area (Å²) in [5, 5.41) is 18.9. The van der Waals surface area contributed by atoms with E-state index in [1.807, 2.05) is 38.1 Å². The highest BCUT2D eigenvalue weighted by Gasteiger charge is 2.17. The summed E-state index contributed by atoms with van der Waals surface area (Å²) in [5.74, 6) is 0.258. The quantitative estimate of drug-likeness (QED) is 0.285. The van der Waals surface area contributed by atoms with Gasteiger partial charge < -0.3 is 5.73 Å². The predicted molar refractivity (Wildman–Crippen MR) is 102 cm³/mol. The predicted octanol–water partition coefficient (Wildman–Crippen LogP) is 3.27. The summed E-state index contributed by atoms with van der Waals surface area (Å²) in [6, 6.07) is 9.53. The van der Waals surface area contributed by atoms with E-state index in [-0.39, 0.29) is 11.1 Å². The van der Waals surface area contributed by atoms with Gasteiger partial charge in [-0.1, -0.05) is 12.1 Å². The number of nitrogens with two attached hydrogens (primary N) is 2. The molecule has 1 aromatic heterocycles. The number of allylic oxidation sites excluding steroid dienone is 1. The van der Waals surface area contributed by atoms with Gasteiger partial charge in [-0.05, 0) is 53.8 Å². The molecule has 6 nitrogen and oxygen atoms in total. The molecule has 0 unspecified atom stereocenters. The second kappa shape index (κ2) is 7.10. The second-order valence-corrected chi connectivity index (χ2v) is 6.30. The molecule has 0 bridgehead atoms. The summed E-state index contributed by atoms with van der Waals surface area (Å²) in [4.78, 5) is 8.37. The maximum absolute atomic E-state index is 9.52. The Hall–Kier alpha value is -2.98. The summed E-state index contributed by atoms with van der Waals surface area (Å²) >= 11 is 6.02. The van der Waals surface area contributed by atoms with Crippen LogP contribution in [0.3, 0.4) is 0 Å². The Morgan fingerprint density at radius 3 is 2.50 bits per heavy atom. The van der Waals surface area contributed by atoms with E-state index in [2.05, 4.69) is 9.97 Å². The molecule has 0 aliphatic carbocycles. The Morgan fingerprint density at radius 1 is 1.19 bits per heavy atom. The average molecular weight is 367 g/mol. The van der Waals surface area contributed by atoms with Crippen molar-refractivity contribution in [3.63, 3.8) is 0 Å². The number of fused-ring (bicyclic) bond motifs is 1. The maximum atomic E-state index is 9.52. The van der Waals surface area contributed by atoms with Gasteiger partial charge >= 0.3 is 0 Å². The second-order valence-electron chi connectivity index (χ2n) is 5.96. The van der Waals surface area contributed by atoms with Crippen LogP contribution in [-0.4, -0.2) is 15.2 Å². The van der Waals surface area contributed by atoms with E-state index in [0.717, 1.165) is 33.3 Å². The number of hydrogen-bond donors (Lipinski definition) is 3. The number of halogens is 1. The number of benzene rings is 2. The number of aromatic nitrogens is 2. The number of nitriles is 1. The van der Waals surface area contributed by atoms with Gasteiger partial charge in [-0.3, -0.25) is 0 Å². The van der Waals surface area contributed by atoms with Crippen molar-refractivity contribution in [2.75, 3.05) is 5.73 Å². The third-order valence-corrected chi connectivity index (χ3v) is 4.32. The topological polar surface area (TPSA) is 112 Å². The molecule has 5 N–H and O–H groups in total. The molecule has 0 spiro atoms. The van der Waals surface area contributed by atoms with Crippen molar-refractivity contribution >= 4 is 40.1 Å². The smallest absolute Gasteiger partial charge is 0.224 e. The number of hydrogen-bond acceptors (Lipinski definition) is 5. The third-order valence-electron chi connectivity index (χ3n) is 4.15. The highest BCUT2D eigenvalue weighted by atomic mass is 35.5. The van der Waals surface area contributed by atoms with Gasteiger partial charge in [-0.15, -0.1) is 0 Å². The molecule has 0 fully saturated rings. The number of rotatable bonds is 3. The first-order chi connectivity index (χ1) is 12.4. The van der Waals surface area contributed by atoms with Gasteiger partial charge in [-0.2, -0.15) is 10.7 Å². The van der Waals surface area contributed by atoms with Crippen LogP contribution in [0.5, 0.6) is 0 Å². The average Bonchev–Trinajstić information content (AvgIpc) is 2.59. The van der Waals surface area contributed by atoms with Crippen molar-refractivity contribution in [2.24, 2.45) is 0 Å². The van der Waals surface area contributed by atoms with Crippen LogP contribution < -0.4 is 11.2 Å². The lowest BCUT2D eigenvalue weighted by atomic mass is 9.91. The normalized spacial score (nSPS) is 11.2. The van der Waals surface area contributed by atoms with Gasteiger partial charge in [-0.25, -0.2) is 15.2 Å². The van der Waals surface area contributed by atoms with Crippen LogP contribution in [-0.2, 0) is 0 Å². The van der Waals surface area contributed by atoms with E-state index in [0.29, 0.717) is 16.6 Å². The van der Waals surface area contributed by atoms with E-state index in [9.17, 15) is 5.21 Å². The molecule has 26 heavy (non-hydrogen) atoms. The van der Waals surface area contributed by atoms with Gasteiger partial charge in [0.2, 0.25) is 5.28 Å². The zero-order valence-electron chi connectivity index (χ0n) is 14.3. The monoisotopic (exact) mass is 366 g/mol. The first-order valence-corrected chi connectivity index (χ1v) is 8.24. The van der Waals surface area contributed by atoms with E-state index in [4.69, 9.17) is 22.6 Å². The van der Waals surface area contributed by atoms with Crippen LogP contribution >= 0.6 is 11.6 Å². The molecular formula is C19H17ClN5O+. The van der Waals surface area contributed by atoms with E-state index in [1.54, 1.807) is 12.1 Å². The molecule has 0 aliphatic rings. The third kappa shape index (κ3) is 3.24. The molecule has 0 atom stereocenters. The Balaban J connectivity index is 2.35. The van der Waals surface area contributed by atoms with Crippen molar-refractivity contribution < 1.29 is 10.7 Å². The Kier molecular flexibility index (Phi) is 4.87. The molecular weight excluding hydrogens is 350 g/mol. The van der Waals surface area contributed by atoms with Crippen molar-refractivity contribution in [3.05, 3.63) is 52.3 Å². The first-order valence-electron chi connectivity index (χ1n) is 7.86. The van der Waals surface area contributed by atoms with Crippen molar-refractivity contribution in [3.8, 4) is 17.2 Å². The van der Waals surface area contributed by atoms with E-state index in [1.165, 1.54) is 6.08 Å². The zero-order valence-corrected chi connectivity index (χ0v) is 15.0. The Labute approximate surface area is 155 Å². The van der Waals surface area contributed by atoms with E-state index < -0.39 is 0 Å². The maximum Gasteiger partial charge on any atom is 0.224 e. The Bertz CT molecular complexity index is 1060. The molecule has 0 aliphatic heterocycles. The fraction of sp³-hybridized carbons (Fsp3) is 0.105. The summed E-state index contributed by atoms with van der Waals surface area (Å²) in [5.41, 5.74) is 13.0. The van der Waals surface area contributed by atoms with Crippen LogP contribution in [0.25, 0.3) is 28.1 Å². The summed E-state index contributed by atoms with van der Waals surface area (Å²) in [6.07, 6.45) is 3.20. The molecule has 7 heteroatoms. The molecule has 0 radical (unpaired) electrons. The zero-order chi connectivity index (χ0) is 18.8. The molecule has 1 heterocycles. The van der Waals surface area contributed by atoms with Gasteiger partial charge in [0.05, 0.1) is 11.6 Å². The van der Waals surface area contributed by atoms with Crippen molar-refractivity contribution in [1.29, 1.82) is 5.26 Å². The minimum absolute atomic E-state index is 0.0702. The van der Waals surface area contributed by atoms with Crippen molar-refractivity contribution in [1.82, 2.24) is 9.97 Å². The summed E-state index contributed by atoms with van der Waals surface area (Å²) in [7, 11) is 0. The molecule has 3 rings (SSSR count). The number of aryl methyl sites for hydroxylation is 2. The minimum atomic E-state index is 0.0702. The van der Waals surface area contributed by atoms with Crippen molar-refractivity contribution in [2.45, 2.75) is 13.8 Å². The van der Waals surface area contributed by atoms with Crippen LogP contribution in [0.2, 0.25) is 5.28 Å². The molecule has 130 valence electrons. The molecule has 2 aromatic carbocycles. The Morgan fingerprint density at radius 2 is 1.88 bits per heavy atom. The van der Waals surface area contributed by atoms with Crippen LogP contribution in [0, 0.1) is 25.2 Å². The number of nitrogens with zero attached hydrogens (tertiary/aromatic N) is 3. The first kappa shape index (κ1) is 17.8. The molecule has 3 aromatic rings. The summed E-state index contributed by atoms with van der Waals surface area (Å²) in [6.45, 7) is 3.97. The lowest BCUT2D eigenvalue weighted by molar-refractivity contribution is -0.825. The van der Waals surface area contributed by atoms with Gasteiger partial charge in [0.1, 0.15) is 5.82 Å². The van der Waals surface area contributed by atoms with Gasteiger partial charge in [0.25, 0.3) is 0 Å². The fourth-order valence-electron chi connectivity index (χ4n) is 3.17. The molecule has 0 saturated carbocycles. The lowest BCUT2D eigenvalue weighted by Crippen LogP contribution is -2.73. The van der Waals surface area contributed by atoms with Gasteiger partial charge in [0, 0.05) is 29.2 Å². The number of nitrogen functional groups attached to an aromatic ring is 1. The van der Waals surface area contributed by atoms with E-state index >= 15 is 0 Å². The standard InChI is InChI=1S/C19H16ClN5O/c1-10-6-12(4-3-5-21)7-11(2)16(10)14-8-13(25-26)9-15-17(14)23-19(20)24-18(15)22/h3-4,6-9,25-26H,1-2H3,(H2,22,23,24)/p+1/b4-3+. The summed E-state index contributed by atoms with van der Waals surface area (Å²) < 4.78 is 0. The lowest BCUT2D eigenvalue weighted by Gasteiger charge is -2.15. The van der Waals surface area contributed by atoms with Crippen LogP contribution in [0.1, 0.15) is 16.7 Å². The van der Waals surface area contributed by atoms with Crippen LogP contribution in [0.4, 0.5) is 11.5 Å².